The van der Waals surface area contributed by atoms with Crippen LogP contribution in [0.3, 0.4) is 0 Å². The van der Waals surface area contributed by atoms with Crippen LogP contribution in [-0.4, -0.2) is 0 Å². The van der Waals surface area contributed by atoms with Crippen LogP contribution in [0.25, 0.3) is 0 Å². The van der Waals surface area contributed by atoms with Crippen molar-refractivity contribution < 1.29 is 0 Å². The number of hydrogen-bond donors (Lipinski definition) is 0. The SMILES string of the molecule is [C]1=C\CCCCCCCCCCCCC/1. The van der Waals surface area contributed by atoms with Crippen molar-refractivity contribution in [3.63, 3.8) is 0 Å². The molecule has 0 amide bonds. The van der Waals surface area contributed by atoms with Crippen molar-refractivity contribution in [3.8, 4) is 0 Å². The predicted molar refractivity (Wildman–Crippen MR) is 67.8 cm³/mol. The quantitative estimate of drug-likeness (QED) is 0.497. The molecule has 0 bridgehead atoms. The summed E-state index contributed by atoms with van der Waals surface area (Å²) < 4.78 is 0. The summed E-state index contributed by atoms with van der Waals surface area (Å²) in [5.41, 5.74) is 0. The summed E-state index contributed by atoms with van der Waals surface area (Å²) in [7, 11) is 0. The fourth-order valence-corrected chi connectivity index (χ4v) is 2.27. The largest absolute Gasteiger partial charge is 0.0811 e. The van der Waals surface area contributed by atoms with Gasteiger partial charge in [-0.2, -0.15) is 0 Å². The van der Waals surface area contributed by atoms with Gasteiger partial charge >= 0.3 is 0 Å². The summed E-state index contributed by atoms with van der Waals surface area (Å²) in [6.07, 6.45) is 24.0. The summed E-state index contributed by atoms with van der Waals surface area (Å²) >= 11 is 0. The number of rotatable bonds is 0. The van der Waals surface area contributed by atoms with Gasteiger partial charge in [-0.25, -0.2) is 0 Å². The molecule has 0 atom stereocenters. The maximum atomic E-state index is 3.43. The van der Waals surface area contributed by atoms with Gasteiger partial charge in [0.25, 0.3) is 0 Å². The van der Waals surface area contributed by atoms with Crippen molar-refractivity contribution in [2.75, 3.05) is 0 Å². The lowest BCUT2D eigenvalue weighted by Gasteiger charge is -2.01. The van der Waals surface area contributed by atoms with Crippen molar-refractivity contribution in [2.45, 2.75) is 83.5 Å². The first kappa shape index (κ1) is 12.8. The zero-order chi connectivity index (χ0) is 10.6. The van der Waals surface area contributed by atoms with E-state index < -0.39 is 0 Å². The second-order valence-corrected chi connectivity index (χ2v) is 4.84. The summed E-state index contributed by atoms with van der Waals surface area (Å²) in [6, 6.07) is 0. The van der Waals surface area contributed by atoms with E-state index in [2.05, 4.69) is 12.2 Å². The molecule has 0 fully saturated rings. The van der Waals surface area contributed by atoms with Crippen molar-refractivity contribution in [2.24, 2.45) is 0 Å². The molecule has 0 saturated carbocycles. The molecule has 0 N–H and O–H groups in total. The van der Waals surface area contributed by atoms with Crippen LogP contribution in [0.15, 0.2) is 6.08 Å². The van der Waals surface area contributed by atoms with E-state index in [0.29, 0.717) is 0 Å². The predicted octanol–water partition coefficient (Wildman–Crippen LogP) is 5.43. The van der Waals surface area contributed by atoms with Crippen LogP contribution in [-0.2, 0) is 0 Å². The number of hydrogen-bond acceptors (Lipinski definition) is 0. The van der Waals surface area contributed by atoms with Crippen LogP contribution in [0.1, 0.15) is 83.5 Å². The second-order valence-electron chi connectivity index (χ2n) is 4.84. The van der Waals surface area contributed by atoms with E-state index in [1.807, 2.05) is 0 Å². The molecule has 15 heavy (non-hydrogen) atoms. The Morgan fingerprint density at radius 2 is 1.00 bits per heavy atom. The Morgan fingerprint density at radius 1 is 0.533 bits per heavy atom. The molecule has 0 aromatic rings. The first-order valence-electron chi connectivity index (χ1n) is 7.05. The third kappa shape index (κ3) is 8.72. The number of allylic oxidation sites excluding steroid dienone is 2. The molecule has 0 heteroatoms. The van der Waals surface area contributed by atoms with Crippen molar-refractivity contribution in [1.82, 2.24) is 0 Å². The Labute approximate surface area is 96.2 Å². The molecule has 0 saturated heterocycles. The summed E-state index contributed by atoms with van der Waals surface area (Å²) in [5.74, 6) is 0. The lowest BCUT2D eigenvalue weighted by atomic mass is 10.1. The summed E-state index contributed by atoms with van der Waals surface area (Å²) in [5, 5.41) is 0. The molecule has 0 nitrogen and oxygen atoms in total. The Balaban J connectivity index is 2.08. The van der Waals surface area contributed by atoms with E-state index in [1.165, 1.54) is 83.5 Å². The Bertz CT molecular complexity index is 130. The maximum absolute atomic E-state index is 3.43. The van der Waals surface area contributed by atoms with E-state index in [1.54, 1.807) is 0 Å². The topological polar surface area (TPSA) is 0 Å². The van der Waals surface area contributed by atoms with Crippen LogP contribution in [0.4, 0.5) is 0 Å². The van der Waals surface area contributed by atoms with Gasteiger partial charge in [0.2, 0.25) is 0 Å². The van der Waals surface area contributed by atoms with Gasteiger partial charge in [0, 0.05) is 0 Å². The van der Waals surface area contributed by atoms with Crippen molar-refractivity contribution >= 4 is 0 Å². The van der Waals surface area contributed by atoms with Crippen molar-refractivity contribution in [3.05, 3.63) is 12.2 Å². The highest BCUT2D eigenvalue weighted by Gasteiger charge is 1.94. The smallest absolute Gasteiger partial charge is 0.0279 e. The van der Waals surface area contributed by atoms with E-state index in [9.17, 15) is 0 Å². The van der Waals surface area contributed by atoms with E-state index in [4.69, 9.17) is 0 Å². The molecule has 1 aliphatic carbocycles. The van der Waals surface area contributed by atoms with Gasteiger partial charge < -0.3 is 0 Å². The Hall–Kier alpha value is -0.260. The molecule has 1 rings (SSSR count). The molecule has 1 radical (unpaired) electrons. The van der Waals surface area contributed by atoms with Gasteiger partial charge in [0.15, 0.2) is 0 Å². The van der Waals surface area contributed by atoms with E-state index >= 15 is 0 Å². The fourth-order valence-electron chi connectivity index (χ4n) is 2.27. The average Bonchev–Trinajstić information content (AvgIpc) is 2.27. The summed E-state index contributed by atoms with van der Waals surface area (Å²) in [6.45, 7) is 0. The minimum atomic E-state index is 1.19. The first-order chi connectivity index (χ1) is 7.50. The van der Waals surface area contributed by atoms with Gasteiger partial charge in [-0.05, 0) is 31.8 Å². The molecule has 1 aliphatic rings. The third-order valence-corrected chi connectivity index (χ3v) is 3.31. The highest BCUT2D eigenvalue weighted by Crippen LogP contribution is 2.13. The maximum Gasteiger partial charge on any atom is -0.0279 e. The van der Waals surface area contributed by atoms with E-state index in [0.717, 1.165) is 0 Å². The molecule has 0 aliphatic heterocycles. The van der Waals surface area contributed by atoms with Crippen LogP contribution in [0.2, 0.25) is 0 Å². The third-order valence-electron chi connectivity index (χ3n) is 3.31. The van der Waals surface area contributed by atoms with E-state index in [-0.39, 0.29) is 0 Å². The molecular formula is C15H27. The first-order valence-corrected chi connectivity index (χ1v) is 7.05. The lowest BCUT2D eigenvalue weighted by molar-refractivity contribution is 0.549. The molecule has 87 valence electrons. The zero-order valence-corrected chi connectivity index (χ0v) is 10.3. The molecule has 0 heterocycles. The second kappa shape index (κ2) is 10.3. The van der Waals surface area contributed by atoms with Crippen LogP contribution >= 0.6 is 0 Å². The highest BCUT2D eigenvalue weighted by molar-refractivity contribution is 4.73. The summed E-state index contributed by atoms with van der Waals surface area (Å²) in [4.78, 5) is 0. The van der Waals surface area contributed by atoms with Gasteiger partial charge in [-0.1, -0.05) is 63.9 Å². The normalized spacial score (nSPS) is 25.1. The van der Waals surface area contributed by atoms with Gasteiger partial charge in [-0.15, -0.1) is 0 Å². The average molecular weight is 207 g/mol. The lowest BCUT2D eigenvalue weighted by Crippen LogP contribution is -1.81. The van der Waals surface area contributed by atoms with Crippen LogP contribution < -0.4 is 0 Å². The molecular weight excluding hydrogens is 180 g/mol. The van der Waals surface area contributed by atoms with Crippen LogP contribution in [0.5, 0.6) is 0 Å². The van der Waals surface area contributed by atoms with Gasteiger partial charge in [-0.3, -0.25) is 0 Å². The molecule has 0 unspecified atom stereocenters. The van der Waals surface area contributed by atoms with Gasteiger partial charge in [0.1, 0.15) is 0 Å². The Kier molecular flexibility index (Phi) is 8.76. The van der Waals surface area contributed by atoms with Gasteiger partial charge in [0.05, 0.1) is 0 Å². The fraction of sp³-hybridized carbons (Fsp3) is 0.867. The van der Waals surface area contributed by atoms with Crippen molar-refractivity contribution in [1.29, 1.82) is 0 Å². The monoisotopic (exact) mass is 207 g/mol. The molecule has 0 aromatic carbocycles. The minimum Gasteiger partial charge on any atom is -0.0811 e. The Morgan fingerprint density at radius 3 is 1.60 bits per heavy atom. The standard InChI is InChI=1S/C15H27/c1-2-4-6-8-10-12-14-15-13-11-9-7-5-3-1/h1H,2,4-15H2. The molecule has 0 aromatic heterocycles. The highest BCUT2D eigenvalue weighted by atomic mass is 14.0. The van der Waals surface area contributed by atoms with Crippen LogP contribution in [0, 0.1) is 6.08 Å². The molecule has 0 spiro atoms. The minimum absolute atomic E-state index is 1.19. The zero-order valence-electron chi connectivity index (χ0n) is 10.3.